The average Bonchev–Trinajstić information content (AvgIpc) is 2.25. The number of aromatic nitrogens is 2. The Hall–Kier alpha value is -1.36. The molecule has 1 saturated carbocycles. The predicted octanol–water partition coefficient (Wildman–Crippen LogP) is 1.59. The molecule has 1 fully saturated rings. The van der Waals surface area contributed by atoms with Crippen molar-refractivity contribution in [2.24, 2.45) is 0 Å². The van der Waals surface area contributed by atoms with Gasteiger partial charge in [-0.3, -0.25) is 0 Å². The van der Waals surface area contributed by atoms with Crippen molar-refractivity contribution in [1.82, 2.24) is 9.97 Å². The van der Waals surface area contributed by atoms with Crippen molar-refractivity contribution >= 4 is 5.82 Å². The van der Waals surface area contributed by atoms with Gasteiger partial charge in [0.15, 0.2) is 5.82 Å². The number of ether oxygens (including phenoxy) is 1. The molecular weight excluding hydrogens is 218 g/mol. The van der Waals surface area contributed by atoms with Crippen LogP contribution in [0.15, 0.2) is 12.4 Å². The van der Waals surface area contributed by atoms with Gasteiger partial charge in [0.1, 0.15) is 0 Å². The van der Waals surface area contributed by atoms with Crippen molar-refractivity contribution in [1.29, 1.82) is 0 Å². The summed E-state index contributed by atoms with van der Waals surface area (Å²) in [6.45, 7) is 4.38. The molecule has 5 nitrogen and oxygen atoms in total. The third kappa shape index (κ3) is 3.06. The van der Waals surface area contributed by atoms with E-state index >= 15 is 0 Å². The molecule has 0 atom stereocenters. The van der Waals surface area contributed by atoms with Crippen molar-refractivity contribution in [3.8, 4) is 5.88 Å². The summed E-state index contributed by atoms with van der Waals surface area (Å²) < 4.78 is 5.54. The summed E-state index contributed by atoms with van der Waals surface area (Å²) in [6, 6.07) is 0. The Bertz CT molecular complexity index is 378. The van der Waals surface area contributed by atoms with Crippen LogP contribution in [0, 0.1) is 0 Å². The van der Waals surface area contributed by atoms with Gasteiger partial charge in [0.05, 0.1) is 11.7 Å². The number of anilines is 1. The molecule has 94 valence electrons. The molecule has 1 heterocycles. The zero-order valence-corrected chi connectivity index (χ0v) is 10.3. The third-order valence-electron chi connectivity index (χ3n) is 2.88. The van der Waals surface area contributed by atoms with Crippen LogP contribution in [0.1, 0.15) is 33.1 Å². The van der Waals surface area contributed by atoms with Crippen LogP contribution >= 0.6 is 0 Å². The largest absolute Gasteiger partial charge is 0.472 e. The predicted molar refractivity (Wildman–Crippen MR) is 65.1 cm³/mol. The van der Waals surface area contributed by atoms with E-state index in [1.54, 1.807) is 12.4 Å². The number of rotatable bonds is 5. The van der Waals surface area contributed by atoms with Crippen LogP contribution < -0.4 is 10.1 Å². The van der Waals surface area contributed by atoms with Crippen LogP contribution in [0.25, 0.3) is 0 Å². The van der Waals surface area contributed by atoms with E-state index in [0.717, 1.165) is 19.3 Å². The van der Waals surface area contributed by atoms with Gasteiger partial charge in [0.25, 0.3) is 5.88 Å². The normalized spacial score (nSPS) is 17.6. The van der Waals surface area contributed by atoms with Crippen molar-refractivity contribution < 1.29 is 9.84 Å². The van der Waals surface area contributed by atoms with Gasteiger partial charge in [-0.15, -0.1) is 0 Å². The van der Waals surface area contributed by atoms with Crippen LogP contribution in [0.2, 0.25) is 0 Å². The molecule has 0 spiro atoms. The second kappa shape index (κ2) is 4.87. The minimum atomic E-state index is -0.577. The minimum Gasteiger partial charge on any atom is -0.472 e. The lowest BCUT2D eigenvalue weighted by atomic mass is 9.80. The first-order valence-electron chi connectivity index (χ1n) is 6.03. The molecule has 17 heavy (non-hydrogen) atoms. The second-order valence-electron chi connectivity index (χ2n) is 4.81. The smallest absolute Gasteiger partial charge is 0.257 e. The maximum atomic E-state index is 9.99. The second-order valence-corrected chi connectivity index (χ2v) is 4.81. The molecular formula is C12H19N3O2. The topological polar surface area (TPSA) is 67.3 Å². The van der Waals surface area contributed by atoms with Gasteiger partial charge in [-0.05, 0) is 33.1 Å². The summed E-state index contributed by atoms with van der Waals surface area (Å²) in [5, 5.41) is 13.1. The van der Waals surface area contributed by atoms with Crippen LogP contribution in [0.5, 0.6) is 5.88 Å². The number of hydrogen-bond donors (Lipinski definition) is 2. The first-order chi connectivity index (χ1) is 8.09. The Morgan fingerprint density at radius 1 is 1.41 bits per heavy atom. The zero-order chi connectivity index (χ0) is 12.3. The lowest BCUT2D eigenvalue weighted by Crippen LogP contribution is -2.43. The lowest BCUT2D eigenvalue weighted by molar-refractivity contribution is -0.0203. The number of hydrogen-bond acceptors (Lipinski definition) is 5. The maximum Gasteiger partial charge on any atom is 0.257 e. The highest BCUT2D eigenvalue weighted by molar-refractivity contribution is 5.45. The molecule has 0 bridgehead atoms. The summed E-state index contributed by atoms with van der Waals surface area (Å²) >= 11 is 0. The SMILES string of the molecule is CC(C)Oc1nccnc1NCC1(O)CCC1. The number of aliphatic hydroxyl groups is 1. The minimum absolute atomic E-state index is 0.0547. The molecule has 0 saturated heterocycles. The summed E-state index contributed by atoms with van der Waals surface area (Å²) in [6.07, 6.45) is 6.05. The van der Waals surface area contributed by atoms with Crippen molar-refractivity contribution in [3.05, 3.63) is 12.4 Å². The average molecular weight is 237 g/mol. The highest BCUT2D eigenvalue weighted by atomic mass is 16.5. The van der Waals surface area contributed by atoms with Crippen LogP contribution in [0.3, 0.4) is 0 Å². The van der Waals surface area contributed by atoms with Crippen molar-refractivity contribution in [2.75, 3.05) is 11.9 Å². The van der Waals surface area contributed by atoms with Gasteiger partial charge in [-0.25, -0.2) is 9.97 Å². The first-order valence-corrected chi connectivity index (χ1v) is 6.03. The molecule has 0 unspecified atom stereocenters. The molecule has 0 amide bonds. The van der Waals surface area contributed by atoms with Crippen molar-refractivity contribution in [2.45, 2.75) is 44.8 Å². The number of nitrogens with zero attached hydrogens (tertiary/aromatic N) is 2. The van der Waals surface area contributed by atoms with Crippen LogP contribution in [-0.4, -0.2) is 33.3 Å². The van der Waals surface area contributed by atoms with Gasteiger partial charge >= 0.3 is 0 Å². The maximum absolute atomic E-state index is 9.99. The summed E-state index contributed by atoms with van der Waals surface area (Å²) in [5.74, 6) is 1.09. The lowest BCUT2D eigenvalue weighted by Gasteiger charge is -2.36. The Morgan fingerprint density at radius 2 is 2.12 bits per heavy atom. The fourth-order valence-electron chi connectivity index (χ4n) is 1.77. The van der Waals surface area contributed by atoms with Crippen molar-refractivity contribution in [3.63, 3.8) is 0 Å². The summed E-state index contributed by atoms with van der Waals surface area (Å²) in [4.78, 5) is 8.32. The van der Waals surface area contributed by atoms with Gasteiger partial charge in [0.2, 0.25) is 0 Å². The van der Waals surface area contributed by atoms with Gasteiger partial charge in [0, 0.05) is 18.9 Å². The highest BCUT2D eigenvalue weighted by Crippen LogP contribution is 2.32. The van der Waals surface area contributed by atoms with E-state index in [9.17, 15) is 5.11 Å². The van der Waals surface area contributed by atoms with Gasteiger partial charge in [-0.2, -0.15) is 0 Å². The Balaban J connectivity index is 1.99. The fourth-order valence-corrected chi connectivity index (χ4v) is 1.77. The van der Waals surface area contributed by atoms with Gasteiger partial charge < -0.3 is 15.2 Å². The van der Waals surface area contributed by atoms with Crippen LogP contribution in [0.4, 0.5) is 5.82 Å². The fraction of sp³-hybridized carbons (Fsp3) is 0.667. The molecule has 0 radical (unpaired) electrons. The molecule has 2 rings (SSSR count). The third-order valence-corrected chi connectivity index (χ3v) is 2.88. The molecule has 1 aromatic heterocycles. The van der Waals surface area contributed by atoms with E-state index in [1.165, 1.54) is 0 Å². The zero-order valence-electron chi connectivity index (χ0n) is 10.3. The van der Waals surface area contributed by atoms with E-state index in [2.05, 4.69) is 15.3 Å². The van der Waals surface area contributed by atoms with E-state index in [4.69, 9.17) is 4.74 Å². The molecule has 1 aliphatic carbocycles. The standard InChI is InChI=1S/C12H19N3O2/c1-9(2)17-11-10(13-6-7-14-11)15-8-12(16)4-3-5-12/h6-7,9,16H,3-5,8H2,1-2H3,(H,13,15). The molecule has 2 N–H and O–H groups in total. The number of nitrogens with one attached hydrogen (secondary N) is 1. The van der Waals surface area contributed by atoms with Gasteiger partial charge in [-0.1, -0.05) is 0 Å². The van der Waals surface area contributed by atoms with E-state index in [-0.39, 0.29) is 6.10 Å². The molecule has 0 aliphatic heterocycles. The Morgan fingerprint density at radius 3 is 2.71 bits per heavy atom. The van der Waals surface area contributed by atoms with E-state index in [1.807, 2.05) is 13.8 Å². The Kier molecular flexibility index (Phi) is 3.47. The first kappa shape index (κ1) is 12.1. The van der Waals surface area contributed by atoms with E-state index in [0.29, 0.717) is 18.2 Å². The monoisotopic (exact) mass is 237 g/mol. The Labute approximate surface area is 101 Å². The molecule has 0 aromatic carbocycles. The van der Waals surface area contributed by atoms with E-state index < -0.39 is 5.60 Å². The quantitative estimate of drug-likeness (QED) is 0.814. The molecule has 1 aliphatic rings. The highest BCUT2D eigenvalue weighted by Gasteiger charge is 2.34. The summed E-state index contributed by atoms with van der Waals surface area (Å²) in [5.41, 5.74) is -0.577. The molecule has 5 heteroatoms. The molecule has 1 aromatic rings. The van der Waals surface area contributed by atoms with Crippen LogP contribution in [-0.2, 0) is 0 Å². The summed E-state index contributed by atoms with van der Waals surface area (Å²) in [7, 11) is 0.